The van der Waals surface area contributed by atoms with Gasteiger partial charge in [-0.1, -0.05) is 111 Å². The van der Waals surface area contributed by atoms with Crippen LogP contribution in [0.4, 0.5) is 34.6 Å². The van der Waals surface area contributed by atoms with E-state index < -0.39 is 48.4 Å². The molecule has 0 unspecified atom stereocenters. The van der Waals surface area contributed by atoms with E-state index in [1.807, 2.05) is 0 Å². The highest BCUT2D eigenvalue weighted by atomic mass is 32.4. The summed E-state index contributed by atoms with van der Waals surface area (Å²) in [6.07, 6.45) is -6.82. The fraction of sp³-hybridized carbons (Fsp3) is 0.200. The number of benzene rings is 4. The van der Waals surface area contributed by atoms with Crippen molar-refractivity contribution >= 4 is 53.0 Å². The Bertz CT molecular complexity index is 2870. The first-order valence-corrected chi connectivity index (χ1v) is 20.4. The molecule has 1 N–H and O–H groups in total. The van der Waals surface area contributed by atoms with Gasteiger partial charge >= 0.3 is 16.7 Å². The summed E-state index contributed by atoms with van der Waals surface area (Å²) in [6, 6.07) is 25.4. The molecule has 57 heavy (non-hydrogen) atoms. The van der Waals surface area contributed by atoms with E-state index in [1.165, 1.54) is 24.3 Å². The lowest BCUT2D eigenvalue weighted by Crippen LogP contribution is -2.68. The zero-order valence-corrected chi connectivity index (χ0v) is 31.0. The third-order valence-electron chi connectivity index (χ3n) is 11.6. The number of hydrogen-bond acceptors (Lipinski definition) is 6. The topological polar surface area (TPSA) is 98.1 Å². The molecule has 0 amide bonds. The number of nitrogens with one attached hydrogen (secondary N) is 1. The van der Waals surface area contributed by atoms with Gasteiger partial charge in [0.25, 0.3) is 0 Å². The van der Waals surface area contributed by atoms with Crippen LogP contribution in [0, 0.1) is 0 Å². The van der Waals surface area contributed by atoms with Crippen molar-refractivity contribution in [2.75, 3.05) is 11.5 Å². The second-order valence-electron chi connectivity index (χ2n) is 14.1. The average Bonchev–Trinajstić information content (AvgIpc) is 3.92. The van der Waals surface area contributed by atoms with Crippen molar-refractivity contribution < 1.29 is 34.6 Å². The van der Waals surface area contributed by atoms with Crippen LogP contribution < -0.4 is 0 Å². The molecule has 0 atom stereocenters. The zero-order chi connectivity index (χ0) is 40.4. The third-order valence-corrected chi connectivity index (χ3v) is 19.4. The predicted molar refractivity (Wildman–Crippen MR) is 206 cm³/mol. The predicted octanol–water partition coefficient (Wildman–Crippen LogP) is 11.7. The van der Waals surface area contributed by atoms with E-state index in [4.69, 9.17) is 9.97 Å². The second kappa shape index (κ2) is 11.3. The van der Waals surface area contributed by atoms with Gasteiger partial charge in [0.15, 0.2) is 34.6 Å². The van der Waals surface area contributed by atoms with E-state index in [9.17, 15) is 0 Å². The molecule has 2 aliphatic heterocycles. The van der Waals surface area contributed by atoms with E-state index in [-0.39, 0.29) is 56.1 Å². The maximum Gasteiger partial charge on any atom is 0.465 e. The quantitative estimate of drug-likeness (QED) is 0.174. The van der Waals surface area contributed by atoms with Crippen LogP contribution in [-0.2, 0) is 0 Å². The summed E-state index contributed by atoms with van der Waals surface area (Å²) in [4.78, 5) is 31.1. The Labute approximate surface area is 317 Å². The number of aromatic nitrogens is 8. The van der Waals surface area contributed by atoms with Crippen molar-refractivity contribution in [1.29, 1.82) is 0 Å². The molecule has 8 nitrogen and oxygen atoms in total. The number of fused-ring (bicyclic) bond motifs is 20. The molecule has 0 saturated carbocycles. The molecule has 4 aromatic carbocycles. The van der Waals surface area contributed by atoms with Crippen LogP contribution in [0.2, 0.25) is 0 Å². The normalized spacial score (nSPS) is 14.6. The Balaban J connectivity index is 1.65. The first-order chi connectivity index (χ1) is 26.9. The van der Waals surface area contributed by atoms with Gasteiger partial charge in [-0.05, 0) is 0 Å². The fourth-order valence-electron chi connectivity index (χ4n) is 8.30. The van der Waals surface area contributed by atoms with Gasteiger partial charge in [-0.25, -0.2) is 29.9 Å². The summed E-state index contributed by atoms with van der Waals surface area (Å²) in [7, 11) is -9.13. The lowest BCUT2D eigenvalue weighted by atomic mass is 10.1. The number of alkyl halides is 7. The Morgan fingerprint density at radius 2 is 0.842 bits per heavy atom. The van der Waals surface area contributed by atoms with Crippen molar-refractivity contribution in [2.24, 2.45) is 0 Å². The molecule has 0 fully saturated rings. The number of nitrogens with zero attached hydrogens (tertiary/aromatic N) is 7. The Morgan fingerprint density at radius 1 is 0.509 bits per heavy atom. The van der Waals surface area contributed by atoms with Crippen molar-refractivity contribution in [2.45, 2.75) is 37.5 Å². The highest BCUT2D eigenvalue weighted by molar-refractivity contribution is 8.61. The van der Waals surface area contributed by atoms with Gasteiger partial charge in [0, 0.05) is 71.1 Å². The molecule has 9 rings (SSSR count). The third kappa shape index (κ3) is 4.24. The van der Waals surface area contributed by atoms with E-state index in [2.05, 4.69) is 24.9 Å². The molecule has 292 valence electrons. The minimum absolute atomic E-state index is 0.0419. The van der Waals surface area contributed by atoms with E-state index >= 15 is 34.6 Å². The van der Waals surface area contributed by atoms with Gasteiger partial charge in [-0.2, -0.15) is 34.6 Å². The summed E-state index contributed by atoms with van der Waals surface area (Å²) in [5.74, 6) is -4.48. The molecule has 17 heteroatoms. The van der Waals surface area contributed by atoms with Gasteiger partial charge in [-0.15, -0.1) is 0 Å². The Morgan fingerprint density at radius 3 is 1.18 bits per heavy atom. The largest absolute Gasteiger partial charge is 0.465 e. The van der Waals surface area contributed by atoms with Crippen molar-refractivity contribution in [3.8, 4) is 45.6 Å². The molecule has 0 radical (unpaired) electrons. The molecule has 2 aliphatic rings. The van der Waals surface area contributed by atoms with Crippen LogP contribution in [0.25, 0.3) is 89.7 Å². The fourth-order valence-corrected chi connectivity index (χ4v) is 13.8. The second-order valence-corrected chi connectivity index (χ2v) is 20.4. The van der Waals surface area contributed by atoms with Gasteiger partial charge < -0.3 is 4.98 Å². The van der Waals surface area contributed by atoms with Crippen LogP contribution in [0.15, 0.2) is 97.1 Å². The van der Waals surface area contributed by atoms with E-state index in [1.54, 1.807) is 72.8 Å². The van der Waals surface area contributed by atoms with Gasteiger partial charge in [0.05, 0.1) is 0 Å². The molecule has 0 spiro atoms. The number of aromatic amines is 1. The molecule has 7 aromatic rings. The number of halogens is 8. The monoisotopic (exact) mass is 806 g/mol. The number of hydrogen-bond donors (Lipinski definition) is 1. The smallest absolute Gasteiger partial charge is 0.324 e. The summed E-state index contributed by atoms with van der Waals surface area (Å²) < 4.78 is 133. The standard InChI is InChI=1S/C40H30F8N8S/c1-4-57(48,5-2,38(3,41)42,40(46,47)39(43,44)45)56-36-28-20-12-13-21-29(28)37(56)55-35-27-19-11-9-17-25(27)33(53-35)51-31-23-15-7-6-14-22(23)30(49-31)50-32-24-16-8-10-18-26(24)34(52-32)54-36/h6-21H,4-5H2,1-3H3,(H,49,50,51,52,53,54,55). The molecule has 0 saturated heterocycles. The summed E-state index contributed by atoms with van der Waals surface area (Å²) in [5, 5.41) is -11.3. The van der Waals surface area contributed by atoms with Crippen LogP contribution in [0.1, 0.15) is 20.8 Å². The average molecular weight is 807 g/mol. The van der Waals surface area contributed by atoms with Crippen molar-refractivity contribution in [3.05, 3.63) is 97.1 Å². The van der Waals surface area contributed by atoms with Crippen LogP contribution in [0.3, 0.4) is 0 Å². The maximum atomic E-state index is 19.7. The van der Waals surface area contributed by atoms with Gasteiger partial charge in [0.1, 0.15) is 11.3 Å². The minimum atomic E-state index is -9.13. The lowest BCUT2D eigenvalue weighted by Gasteiger charge is -2.76. The summed E-state index contributed by atoms with van der Waals surface area (Å²) in [6.45, 7) is 0.948. The first-order valence-electron chi connectivity index (χ1n) is 17.7. The molecular formula is C40H30F8N8S. The van der Waals surface area contributed by atoms with Crippen molar-refractivity contribution in [1.82, 2.24) is 38.9 Å². The van der Waals surface area contributed by atoms with Gasteiger partial charge in [-0.3, -0.25) is 3.97 Å². The number of rotatable bonds is 5. The SMILES string of the molecule is CCS(F)(CC)(n1c2nc3nc(nc4[nH]c(nc5nc(nc1c1ccccc12)-c1ccccc1-5)c1ccccc41)-c1ccccc1-3)(C(C)(F)F)C(F)(F)C(F)(F)F. The molecule has 8 bridgehead atoms. The number of H-pyrrole nitrogens is 1. The Hall–Kier alpha value is -5.97. The van der Waals surface area contributed by atoms with Gasteiger partial charge in [0.2, 0.25) is 0 Å². The van der Waals surface area contributed by atoms with Crippen LogP contribution >= 0.6 is 8.87 Å². The first kappa shape index (κ1) is 36.7. The molecule has 3 aromatic heterocycles. The highest BCUT2D eigenvalue weighted by Crippen LogP contribution is 3.06. The van der Waals surface area contributed by atoms with Crippen LogP contribution in [0.5, 0.6) is 0 Å². The molecule has 5 heterocycles. The van der Waals surface area contributed by atoms with Crippen molar-refractivity contribution in [3.63, 3.8) is 0 Å². The Kier molecular flexibility index (Phi) is 7.29. The minimum Gasteiger partial charge on any atom is -0.324 e. The summed E-state index contributed by atoms with van der Waals surface area (Å²) in [5.41, 5.74) is -0.0975. The lowest BCUT2D eigenvalue weighted by molar-refractivity contribution is -0.247. The highest BCUT2D eigenvalue weighted by Gasteiger charge is 2.94. The zero-order valence-electron chi connectivity index (χ0n) is 30.2. The molecule has 0 aliphatic carbocycles. The summed E-state index contributed by atoms with van der Waals surface area (Å²) >= 11 is 0. The van der Waals surface area contributed by atoms with Crippen LogP contribution in [-0.4, -0.2) is 67.1 Å². The molecular weight excluding hydrogens is 777 g/mol. The van der Waals surface area contributed by atoms with E-state index in [0.29, 0.717) is 47.0 Å². The van der Waals surface area contributed by atoms with E-state index in [0.717, 1.165) is 0 Å². The maximum absolute atomic E-state index is 19.7.